The Labute approximate surface area is 562 Å². The minimum atomic E-state index is -1.18. The number of imidazole rings is 4. The summed E-state index contributed by atoms with van der Waals surface area (Å²) in [4.78, 5) is 49.5. The third kappa shape index (κ3) is 16.8. The molecule has 12 rings (SSSR count). The molecule has 0 amide bonds. The number of aromatic nitrogens is 16. The van der Waals surface area contributed by atoms with Gasteiger partial charge in [0.15, 0.2) is 64.5 Å². The van der Waals surface area contributed by atoms with Crippen LogP contribution in [0.3, 0.4) is 0 Å². The number of nitrogens with zero attached hydrogens (tertiary/aromatic N) is 16. The third-order valence-electron chi connectivity index (χ3n) is 16.3. The van der Waals surface area contributed by atoms with Gasteiger partial charge in [0.2, 0.25) is 0 Å². The van der Waals surface area contributed by atoms with Crippen molar-refractivity contribution >= 4 is 171 Å². The Bertz CT molecular complexity index is 3560. The highest BCUT2D eigenvalue weighted by molar-refractivity contribution is 14.1. The molecule has 4 unspecified atom stereocenters. The van der Waals surface area contributed by atoms with Crippen LogP contribution >= 0.6 is 77.7 Å². The van der Waals surface area contributed by atoms with Gasteiger partial charge in [-0.3, -0.25) is 18.3 Å². The van der Waals surface area contributed by atoms with E-state index in [2.05, 4.69) is 177 Å². The molecule has 0 bridgehead atoms. The molecule has 12 heterocycles. The van der Waals surface area contributed by atoms with Crippen LogP contribution in [0, 0.1) is 5.92 Å². The molecule has 4 fully saturated rings. The summed E-state index contributed by atoms with van der Waals surface area (Å²) in [5.41, 5.74) is 27.9. The first kappa shape index (κ1) is 72.1. The van der Waals surface area contributed by atoms with E-state index in [0.717, 1.165) is 50.3 Å². The Morgan fingerprint density at radius 1 is 0.446 bits per heavy atom. The van der Waals surface area contributed by atoms with Crippen molar-refractivity contribution < 1.29 is 39.4 Å². The van der Waals surface area contributed by atoms with E-state index in [0.29, 0.717) is 67.9 Å². The fourth-order valence-corrected chi connectivity index (χ4v) is 16.9. The highest BCUT2D eigenvalue weighted by Crippen LogP contribution is 2.46. The number of ether oxygens (including phenoxy) is 4. The molecule has 0 radical (unpaired) electrons. The Morgan fingerprint density at radius 3 is 1.10 bits per heavy atom. The maximum atomic E-state index is 10.5. The van der Waals surface area contributed by atoms with Crippen LogP contribution < -0.4 is 22.9 Å². The van der Waals surface area contributed by atoms with Gasteiger partial charge in [-0.05, 0) is 104 Å². The first-order valence-corrected chi connectivity index (χ1v) is 44.6. The fraction of sp³-hybridized carbons (Fsp3) is 0.579. The molecule has 0 spiro atoms. The van der Waals surface area contributed by atoms with Crippen LogP contribution in [0.2, 0.25) is 0 Å². The molecule has 0 aliphatic carbocycles. The van der Waals surface area contributed by atoms with Crippen LogP contribution in [0.4, 0.5) is 23.3 Å². The van der Waals surface area contributed by atoms with Crippen LogP contribution in [0.15, 0.2) is 50.6 Å². The molecule has 4 aliphatic heterocycles. The number of nitrogen functional groups attached to an aromatic ring is 4. The molecular weight excluding hydrogens is 1460 g/mol. The summed E-state index contributed by atoms with van der Waals surface area (Å²) >= 11 is 12.2. The van der Waals surface area contributed by atoms with Crippen molar-refractivity contribution in [3.05, 3.63) is 50.6 Å². The van der Waals surface area contributed by atoms with Crippen molar-refractivity contribution in [1.82, 2.24) is 78.1 Å². The zero-order valence-electron chi connectivity index (χ0n) is 53.2. The van der Waals surface area contributed by atoms with E-state index < -0.39 is 63.6 Å². The average Bonchev–Trinajstić information content (AvgIpc) is 1.65. The lowest BCUT2D eigenvalue weighted by Crippen LogP contribution is -2.28. The second-order valence-corrected chi connectivity index (χ2v) is 46.8. The van der Waals surface area contributed by atoms with Crippen LogP contribution in [-0.2, 0) is 18.9 Å². The summed E-state index contributed by atoms with van der Waals surface area (Å²) in [5, 5.41) is 41.3. The lowest BCUT2D eigenvalue weighted by Gasteiger charge is -2.19. The predicted octanol–water partition coefficient (Wildman–Crippen LogP) is 5.88. The molecule has 504 valence electrons. The summed E-state index contributed by atoms with van der Waals surface area (Å²) in [6.45, 7) is 14.8. The molecule has 4 aliphatic rings. The summed E-state index contributed by atoms with van der Waals surface area (Å²) < 4.78 is 31.4. The van der Waals surface area contributed by atoms with Gasteiger partial charge in [-0.1, -0.05) is 45.4 Å². The maximum Gasteiger partial charge on any atom is 0.167 e. The molecule has 35 heteroatoms. The molecule has 8 aromatic heterocycles. The maximum absolute atomic E-state index is 10.5. The highest BCUT2D eigenvalue weighted by Gasteiger charge is 2.47. The average molecular weight is 1550 g/mol. The number of aliphatic hydroxyl groups excluding tert-OH is 4. The first-order chi connectivity index (χ1) is 43.1. The van der Waals surface area contributed by atoms with E-state index in [1.807, 2.05) is 16.1 Å². The van der Waals surface area contributed by atoms with Gasteiger partial charge in [-0.25, -0.2) is 59.8 Å². The molecule has 0 aromatic carbocycles. The Hall–Kier alpha value is -4.22. The summed E-state index contributed by atoms with van der Waals surface area (Å²) in [7, 11) is 0. The molecular formula is C57H87BrClIN20O8P4. The second-order valence-electron chi connectivity index (χ2n) is 26.5. The first-order valence-electron chi connectivity index (χ1n) is 29.8. The van der Waals surface area contributed by atoms with Crippen molar-refractivity contribution in [3.8, 4) is 0 Å². The van der Waals surface area contributed by atoms with E-state index in [4.69, 9.17) is 53.5 Å². The minimum Gasteiger partial charge on any atom is -0.390 e. The van der Waals surface area contributed by atoms with Gasteiger partial charge in [0.1, 0.15) is 65.1 Å². The fourth-order valence-electron chi connectivity index (χ4n) is 11.1. The van der Waals surface area contributed by atoms with E-state index in [-0.39, 0.29) is 57.8 Å². The monoisotopic (exact) mass is 1540 g/mol. The SMILES string of the molecule is C=P(C)(C)CC[C@H]1OC(n2cnc3c(N)ncnc32)[C@H](Br)[C@@H]1O.C=P(C)(C)CC[C@H]1OC(n2cnc3c(N)ncnc32)[C@H](C)[C@@H]1O.C=P(C)(C)CC[C@H]1OC(n2cnc3c(N)ncnc32)[C@H](Cl)[C@@H]1O.C=P(C)(C)CC[C@H]1OC(n2cnc3c(N)ncnc32)[C@H](I)[C@@H]1O. The highest BCUT2D eigenvalue weighted by atomic mass is 127. The number of rotatable bonds is 16. The standard InChI is InChI=1S/C15H24N5O2P.C14H21BrN5O2P.C14H21ClN5O2P.C14H21IN5O2P/c1-9-12(21)10(5-6-23(2,3)4)22-15(9)20-8-19-11-13(16)17-7-18-14(11)20;3*1-23(2,3)5-4-8-11(21)9(15)14(22-8)20-7-19-10-12(16)17-6-18-13(10)20/h7-10,12,15,21H,2,5-6H2,1,3-4H3,(H2,16,17,18);3*6-9,11,14,21H,1,4-5H2,2-3H3,(H2,16,17,18)/t9-,10-,12+,15?;3*8-,9-,11-,14?/m1111/s1. The number of nitrogens with two attached hydrogens (primary N) is 4. The lowest BCUT2D eigenvalue weighted by atomic mass is 10.0. The van der Waals surface area contributed by atoms with E-state index >= 15 is 0 Å². The van der Waals surface area contributed by atoms with E-state index in [1.54, 1.807) is 34.4 Å². The second kappa shape index (κ2) is 29.2. The van der Waals surface area contributed by atoms with Crippen molar-refractivity contribution in [2.75, 3.05) is 101 Å². The minimum absolute atomic E-state index is 0.0557. The van der Waals surface area contributed by atoms with Gasteiger partial charge < -0.3 is 62.3 Å². The van der Waals surface area contributed by atoms with E-state index in [9.17, 15) is 20.4 Å². The number of alkyl halides is 3. The van der Waals surface area contributed by atoms with Crippen molar-refractivity contribution in [2.24, 2.45) is 5.92 Å². The van der Waals surface area contributed by atoms with Crippen LogP contribution in [-0.4, -0.2) is 265 Å². The zero-order chi connectivity index (χ0) is 67.1. The molecule has 16 atom stereocenters. The van der Waals surface area contributed by atoms with Crippen LogP contribution in [0.1, 0.15) is 57.5 Å². The molecule has 4 saturated heterocycles. The number of hydrogen-bond donors (Lipinski definition) is 8. The van der Waals surface area contributed by atoms with Gasteiger partial charge in [0, 0.05) is 5.92 Å². The number of fused-ring (bicyclic) bond motifs is 4. The van der Waals surface area contributed by atoms with Gasteiger partial charge in [0.05, 0.1) is 76.8 Å². The Balaban J connectivity index is 0.000000145. The smallest absolute Gasteiger partial charge is 0.167 e. The van der Waals surface area contributed by atoms with Gasteiger partial charge in [-0.15, -0.1) is 64.3 Å². The number of anilines is 4. The van der Waals surface area contributed by atoms with E-state index in [1.165, 1.54) is 25.3 Å². The van der Waals surface area contributed by atoms with Crippen LogP contribution in [0.25, 0.3) is 44.7 Å². The van der Waals surface area contributed by atoms with Crippen molar-refractivity contribution in [2.45, 2.75) is 120 Å². The lowest BCUT2D eigenvalue weighted by molar-refractivity contribution is -0.0206. The topological polar surface area (TPSA) is 396 Å². The molecule has 12 N–H and O–H groups in total. The summed E-state index contributed by atoms with van der Waals surface area (Å²) in [6, 6.07) is 0. The van der Waals surface area contributed by atoms with Gasteiger partial charge in [-0.2, -0.15) is 0 Å². The molecule has 0 saturated carbocycles. The Kier molecular flexibility index (Phi) is 22.9. The van der Waals surface area contributed by atoms with Crippen molar-refractivity contribution in [1.29, 1.82) is 0 Å². The van der Waals surface area contributed by atoms with Crippen molar-refractivity contribution in [3.63, 3.8) is 0 Å². The molecule has 92 heavy (non-hydrogen) atoms. The number of aliphatic hydroxyl groups is 4. The normalized spacial score (nSPS) is 28.5. The summed E-state index contributed by atoms with van der Waals surface area (Å²) in [5.74, 6) is 1.27. The largest absolute Gasteiger partial charge is 0.390 e. The zero-order valence-corrected chi connectivity index (χ0v) is 61.2. The van der Waals surface area contributed by atoms with Crippen LogP contribution in [0.5, 0.6) is 0 Å². The number of hydrogen-bond acceptors (Lipinski definition) is 24. The van der Waals surface area contributed by atoms with Gasteiger partial charge in [0.25, 0.3) is 0 Å². The Morgan fingerprint density at radius 2 is 0.728 bits per heavy atom. The van der Waals surface area contributed by atoms with Gasteiger partial charge >= 0.3 is 0 Å². The summed E-state index contributed by atoms with van der Waals surface area (Å²) in [6.07, 6.45) is 31.1. The third-order valence-corrected chi connectivity index (χ3v) is 25.0. The quantitative estimate of drug-likeness (QED) is 0.0318. The molecule has 8 aromatic rings. The molecule has 28 nitrogen and oxygen atoms in total. The number of halogens is 3. The predicted molar refractivity (Wildman–Crippen MR) is 389 cm³/mol.